The molecule has 0 bridgehead atoms. The van der Waals surface area contributed by atoms with Gasteiger partial charge in [0.05, 0.1) is 0 Å². The Hall–Kier alpha value is -3.13. The summed E-state index contributed by atoms with van der Waals surface area (Å²) in [5, 5.41) is 3.05. The van der Waals surface area contributed by atoms with Crippen LogP contribution in [-0.2, 0) is 6.54 Å². The van der Waals surface area contributed by atoms with E-state index in [0.717, 1.165) is 50.9 Å². The summed E-state index contributed by atoms with van der Waals surface area (Å²) < 4.78 is 43.2. The number of halogens is 3. The molecule has 2 fully saturated rings. The Morgan fingerprint density at radius 1 is 0.865 bits per heavy atom. The molecule has 2 aliphatic rings. The van der Waals surface area contributed by atoms with Gasteiger partial charge in [-0.3, -0.25) is 4.90 Å². The van der Waals surface area contributed by atoms with Gasteiger partial charge in [0, 0.05) is 61.7 Å². The lowest BCUT2D eigenvalue weighted by Crippen LogP contribution is -2.50. The largest absolute Gasteiger partial charge is 0.365 e. The summed E-state index contributed by atoms with van der Waals surface area (Å²) in [5.41, 5.74) is 0.690. The normalized spacial score (nSPS) is 21.3. The van der Waals surface area contributed by atoms with E-state index in [-0.39, 0.29) is 12.1 Å². The van der Waals surface area contributed by atoms with Crippen molar-refractivity contribution in [1.82, 2.24) is 14.9 Å². The molecular formula is C29H34F3N5. The highest BCUT2D eigenvalue weighted by atomic mass is 19.1. The van der Waals surface area contributed by atoms with Gasteiger partial charge in [0.1, 0.15) is 23.3 Å². The lowest BCUT2D eigenvalue weighted by Gasteiger charge is -2.43. The summed E-state index contributed by atoms with van der Waals surface area (Å²) >= 11 is 0. The highest BCUT2D eigenvalue weighted by Crippen LogP contribution is 2.32. The van der Waals surface area contributed by atoms with E-state index < -0.39 is 17.5 Å². The van der Waals surface area contributed by atoms with Gasteiger partial charge in [0.2, 0.25) is 5.95 Å². The van der Waals surface area contributed by atoms with Crippen LogP contribution < -0.4 is 10.2 Å². The van der Waals surface area contributed by atoms with E-state index in [9.17, 15) is 13.2 Å². The van der Waals surface area contributed by atoms with Gasteiger partial charge in [-0.15, -0.1) is 0 Å². The van der Waals surface area contributed by atoms with Gasteiger partial charge in [-0.2, -0.15) is 4.98 Å². The summed E-state index contributed by atoms with van der Waals surface area (Å²) in [6.07, 6.45) is 4.95. The Morgan fingerprint density at radius 2 is 1.51 bits per heavy atom. The number of nitrogens with zero attached hydrogens (tertiary/aromatic N) is 4. The van der Waals surface area contributed by atoms with Crippen LogP contribution in [-0.4, -0.2) is 47.1 Å². The number of hydrogen-bond donors (Lipinski definition) is 1. The van der Waals surface area contributed by atoms with Gasteiger partial charge < -0.3 is 10.2 Å². The molecule has 2 saturated heterocycles. The first-order chi connectivity index (χ1) is 17.9. The fourth-order valence-corrected chi connectivity index (χ4v) is 5.85. The van der Waals surface area contributed by atoms with E-state index in [4.69, 9.17) is 4.98 Å². The summed E-state index contributed by atoms with van der Waals surface area (Å²) in [6, 6.07) is 10.7. The highest BCUT2D eigenvalue weighted by Gasteiger charge is 2.31. The van der Waals surface area contributed by atoms with Crippen molar-refractivity contribution in [1.29, 1.82) is 0 Å². The van der Waals surface area contributed by atoms with Gasteiger partial charge >= 0.3 is 0 Å². The van der Waals surface area contributed by atoms with Crippen molar-refractivity contribution in [2.24, 2.45) is 11.8 Å². The van der Waals surface area contributed by atoms with E-state index >= 15 is 0 Å². The molecule has 0 aliphatic carbocycles. The van der Waals surface area contributed by atoms with Crippen molar-refractivity contribution in [3.8, 4) is 11.1 Å². The molecule has 3 aromatic rings. The Balaban J connectivity index is 1.36. The number of rotatable bonds is 6. The van der Waals surface area contributed by atoms with Crippen molar-refractivity contribution in [3.63, 3.8) is 0 Å². The van der Waals surface area contributed by atoms with Crippen LogP contribution in [0.3, 0.4) is 0 Å². The number of aromatic nitrogens is 2. The molecule has 2 aromatic carbocycles. The summed E-state index contributed by atoms with van der Waals surface area (Å²) in [4.78, 5) is 14.1. The van der Waals surface area contributed by atoms with Gasteiger partial charge in [-0.25, -0.2) is 18.2 Å². The average Bonchev–Trinajstić information content (AvgIpc) is 2.88. The number of anilines is 2. The highest BCUT2D eigenvalue weighted by molar-refractivity contribution is 5.75. The molecular weight excluding hydrogens is 475 g/mol. The third-order valence-electron chi connectivity index (χ3n) is 7.60. The Morgan fingerprint density at radius 3 is 2.19 bits per heavy atom. The minimum absolute atomic E-state index is 0.0899. The second-order valence-electron chi connectivity index (χ2n) is 10.6. The molecule has 5 rings (SSSR count). The standard InChI is InChI=1S/C29H34F3N5/c1-19-14-20(2)18-37(17-19)21-10-12-36(13-11-21)29-34-15-23(22-6-3-4-7-25(22)30)28(35-29)33-16-24-26(31)8-5-9-27(24)32/h3-9,15,19-21H,10-14,16-18H2,1-2H3,(H,33,34,35). The second kappa shape index (κ2) is 11.1. The van der Waals surface area contributed by atoms with E-state index in [1.807, 2.05) is 0 Å². The van der Waals surface area contributed by atoms with Crippen molar-refractivity contribution < 1.29 is 13.2 Å². The van der Waals surface area contributed by atoms with Gasteiger partial charge in [0.15, 0.2) is 0 Å². The number of likely N-dealkylation sites (tertiary alicyclic amines) is 1. The lowest BCUT2D eigenvalue weighted by molar-refractivity contribution is 0.0824. The zero-order valence-corrected chi connectivity index (χ0v) is 21.4. The monoisotopic (exact) mass is 509 g/mol. The van der Waals surface area contributed by atoms with Crippen LogP contribution >= 0.6 is 0 Å². The zero-order chi connectivity index (χ0) is 25.9. The number of benzene rings is 2. The first kappa shape index (κ1) is 25.5. The van der Waals surface area contributed by atoms with Crippen molar-refractivity contribution >= 4 is 11.8 Å². The molecule has 37 heavy (non-hydrogen) atoms. The smallest absolute Gasteiger partial charge is 0.227 e. The van der Waals surface area contributed by atoms with Crippen LogP contribution in [0.25, 0.3) is 11.1 Å². The van der Waals surface area contributed by atoms with Crippen molar-refractivity contribution in [2.75, 3.05) is 36.4 Å². The third-order valence-corrected chi connectivity index (χ3v) is 7.60. The molecule has 2 unspecified atom stereocenters. The quantitative estimate of drug-likeness (QED) is 0.434. The number of piperidine rings is 2. The Labute approximate surface area is 216 Å². The molecule has 0 amide bonds. The van der Waals surface area contributed by atoms with Crippen LogP contribution in [0.1, 0.15) is 38.7 Å². The lowest BCUT2D eigenvalue weighted by atomic mass is 9.89. The molecule has 0 radical (unpaired) electrons. The maximum absolute atomic E-state index is 14.7. The third kappa shape index (κ3) is 5.74. The molecule has 1 aromatic heterocycles. The average molecular weight is 510 g/mol. The molecule has 8 heteroatoms. The minimum atomic E-state index is -0.641. The fourth-order valence-electron chi connectivity index (χ4n) is 5.85. The van der Waals surface area contributed by atoms with Gasteiger partial charge in [-0.05, 0) is 49.3 Å². The van der Waals surface area contributed by atoms with Crippen LogP contribution in [0.5, 0.6) is 0 Å². The minimum Gasteiger partial charge on any atom is -0.365 e. The molecule has 3 heterocycles. The predicted octanol–water partition coefficient (Wildman–Crippen LogP) is 6.12. The SMILES string of the molecule is CC1CC(C)CN(C2CCN(c3ncc(-c4ccccc4F)c(NCc4c(F)cccc4F)n3)CC2)C1. The summed E-state index contributed by atoms with van der Waals surface area (Å²) in [5.74, 6) is 0.641. The van der Waals surface area contributed by atoms with E-state index in [1.165, 1.54) is 30.7 Å². The molecule has 0 spiro atoms. The topological polar surface area (TPSA) is 44.3 Å². The number of nitrogens with one attached hydrogen (secondary N) is 1. The van der Waals surface area contributed by atoms with Crippen LogP contribution in [0.15, 0.2) is 48.7 Å². The maximum Gasteiger partial charge on any atom is 0.227 e. The van der Waals surface area contributed by atoms with E-state index in [1.54, 1.807) is 24.4 Å². The number of hydrogen-bond acceptors (Lipinski definition) is 5. The second-order valence-corrected chi connectivity index (χ2v) is 10.6. The molecule has 5 nitrogen and oxygen atoms in total. The predicted molar refractivity (Wildman–Crippen MR) is 141 cm³/mol. The zero-order valence-electron chi connectivity index (χ0n) is 21.4. The summed E-state index contributed by atoms with van der Waals surface area (Å²) in [6.45, 7) is 8.51. The summed E-state index contributed by atoms with van der Waals surface area (Å²) in [7, 11) is 0. The molecule has 196 valence electrons. The van der Waals surface area contributed by atoms with Crippen LogP contribution in [0.4, 0.5) is 24.9 Å². The van der Waals surface area contributed by atoms with Crippen molar-refractivity contribution in [3.05, 3.63) is 71.7 Å². The maximum atomic E-state index is 14.7. The molecule has 0 saturated carbocycles. The molecule has 1 N–H and O–H groups in total. The van der Waals surface area contributed by atoms with Crippen LogP contribution in [0, 0.1) is 29.3 Å². The first-order valence-corrected chi connectivity index (χ1v) is 13.2. The first-order valence-electron chi connectivity index (χ1n) is 13.2. The van der Waals surface area contributed by atoms with E-state index in [0.29, 0.717) is 28.9 Å². The Bertz CT molecular complexity index is 1200. The van der Waals surface area contributed by atoms with E-state index in [2.05, 4.69) is 33.9 Å². The molecule has 2 atom stereocenters. The fraction of sp³-hybridized carbons (Fsp3) is 0.448. The van der Waals surface area contributed by atoms with Gasteiger partial charge in [-0.1, -0.05) is 38.1 Å². The van der Waals surface area contributed by atoms with Gasteiger partial charge in [0.25, 0.3) is 0 Å². The van der Waals surface area contributed by atoms with Crippen LogP contribution in [0.2, 0.25) is 0 Å². The molecule has 2 aliphatic heterocycles. The van der Waals surface area contributed by atoms with Crippen molar-refractivity contribution in [2.45, 2.75) is 45.7 Å². The Kier molecular flexibility index (Phi) is 7.65.